The number of aromatic nitrogens is 2. The molecular formula is C13H23N5. The Kier molecular flexibility index (Phi) is 4.36. The zero-order chi connectivity index (χ0) is 13.0. The first-order valence-electron chi connectivity index (χ1n) is 6.87. The van der Waals surface area contributed by atoms with Crippen molar-refractivity contribution in [3.63, 3.8) is 0 Å². The van der Waals surface area contributed by atoms with Crippen molar-refractivity contribution in [1.82, 2.24) is 9.97 Å². The fourth-order valence-electron chi connectivity index (χ4n) is 2.44. The number of nitrogens with two attached hydrogens (primary N) is 1. The Morgan fingerprint density at radius 2 is 2.06 bits per heavy atom. The van der Waals surface area contributed by atoms with Gasteiger partial charge in [-0.25, -0.2) is 15.8 Å². The smallest absolute Gasteiger partial charge is 0.148 e. The summed E-state index contributed by atoms with van der Waals surface area (Å²) in [5.41, 5.74) is 3.76. The highest BCUT2D eigenvalue weighted by Crippen LogP contribution is 2.38. The van der Waals surface area contributed by atoms with Gasteiger partial charge in [0, 0.05) is 11.6 Å². The van der Waals surface area contributed by atoms with E-state index >= 15 is 0 Å². The van der Waals surface area contributed by atoms with Crippen LogP contribution in [0.4, 0.5) is 11.6 Å². The summed E-state index contributed by atoms with van der Waals surface area (Å²) in [6.07, 6.45) is 7.37. The lowest BCUT2D eigenvalue weighted by Gasteiger charge is -2.13. The summed E-state index contributed by atoms with van der Waals surface area (Å²) in [5, 5.41) is 3.53. The first-order chi connectivity index (χ1) is 8.80. The molecule has 0 radical (unpaired) electrons. The van der Waals surface area contributed by atoms with E-state index in [-0.39, 0.29) is 0 Å². The van der Waals surface area contributed by atoms with E-state index in [9.17, 15) is 0 Å². The molecule has 1 aromatic rings. The number of hydrogen-bond acceptors (Lipinski definition) is 5. The minimum Gasteiger partial charge on any atom is -0.367 e. The lowest BCUT2D eigenvalue weighted by atomic mass is 10.1. The van der Waals surface area contributed by atoms with Crippen LogP contribution in [0.3, 0.4) is 0 Å². The normalized spacial score (nSPS) is 21.7. The van der Waals surface area contributed by atoms with Gasteiger partial charge in [-0.3, -0.25) is 0 Å². The van der Waals surface area contributed by atoms with E-state index in [0.717, 1.165) is 36.0 Å². The second-order valence-electron chi connectivity index (χ2n) is 4.98. The number of nitrogen functional groups attached to an aromatic ring is 1. The molecule has 2 unspecified atom stereocenters. The Bertz CT molecular complexity index is 393. The molecule has 1 saturated carbocycles. The third kappa shape index (κ3) is 2.90. The molecule has 0 aliphatic heterocycles. The van der Waals surface area contributed by atoms with Crippen molar-refractivity contribution in [3.8, 4) is 0 Å². The predicted molar refractivity (Wildman–Crippen MR) is 74.3 cm³/mol. The van der Waals surface area contributed by atoms with Crippen LogP contribution in [-0.4, -0.2) is 16.0 Å². The summed E-state index contributed by atoms with van der Waals surface area (Å²) in [5.74, 6) is 8.00. The van der Waals surface area contributed by atoms with Crippen molar-refractivity contribution < 1.29 is 0 Å². The Morgan fingerprint density at radius 3 is 2.72 bits per heavy atom. The first-order valence-corrected chi connectivity index (χ1v) is 6.87. The fourth-order valence-corrected chi connectivity index (χ4v) is 2.44. The second kappa shape index (κ2) is 6.00. The van der Waals surface area contributed by atoms with E-state index in [1.165, 1.54) is 19.3 Å². The number of hydrazine groups is 1. The molecule has 0 saturated heterocycles. The monoisotopic (exact) mass is 249 g/mol. The highest BCUT2D eigenvalue weighted by atomic mass is 15.3. The Hall–Kier alpha value is -1.36. The van der Waals surface area contributed by atoms with Crippen LogP contribution in [0.25, 0.3) is 0 Å². The lowest BCUT2D eigenvalue weighted by Crippen LogP contribution is -2.15. The van der Waals surface area contributed by atoms with Crippen LogP contribution in [0.1, 0.15) is 45.1 Å². The lowest BCUT2D eigenvalue weighted by molar-refractivity contribution is 0.691. The Balaban J connectivity index is 2.07. The maximum Gasteiger partial charge on any atom is 0.148 e. The van der Waals surface area contributed by atoms with E-state index in [1.54, 1.807) is 6.33 Å². The molecule has 2 rings (SSSR count). The van der Waals surface area contributed by atoms with Crippen LogP contribution < -0.4 is 16.6 Å². The van der Waals surface area contributed by atoms with E-state index in [4.69, 9.17) is 5.84 Å². The van der Waals surface area contributed by atoms with Crippen molar-refractivity contribution in [2.75, 3.05) is 10.7 Å². The molecule has 100 valence electrons. The zero-order valence-electron chi connectivity index (χ0n) is 11.2. The number of hydrogen-bond donors (Lipinski definition) is 3. The first kappa shape index (κ1) is 13.1. The van der Waals surface area contributed by atoms with Crippen LogP contribution >= 0.6 is 0 Å². The molecule has 0 spiro atoms. The highest BCUT2D eigenvalue weighted by Gasteiger charge is 2.36. The molecule has 5 nitrogen and oxygen atoms in total. The average molecular weight is 249 g/mol. The van der Waals surface area contributed by atoms with Crippen molar-refractivity contribution in [3.05, 3.63) is 11.9 Å². The molecule has 1 heterocycles. The van der Waals surface area contributed by atoms with Crippen molar-refractivity contribution in [2.24, 2.45) is 11.8 Å². The van der Waals surface area contributed by atoms with Crippen LogP contribution in [0.2, 0.25) is 0 Å². The molecule has 4 N–H and O–H groups in total. The van der Waals surface area contributed by atoms with Crippen molar-refractivity contribution >= 4 is 11.6 Å². The SMILES string of the molecule is CCCc1c(NN)ncnc1NC1CC1CCC. The summed E-state index contributed by atoms with van der Waals surface area (Å²) >= 11 is 0. The molecule has 1 aliphatic rings. The van der Waals surface area contributed by atoms with Gasteiger partial charge in [0.15, 0.2) is 0 Å². The number of rotatable bonds is 7. The third-order valence-electron chi connectivity index (χ3n) is 3.49. The fraction of sp³-hybridized carbons (Fsp3) is 0.692. The van der Waals surface area contributed by atoms with Crippen molar-refractivity contribution in [1.29, 1.82) is 0 Å². The van der Waals surface area contributed by atoms with Gasteiger partial charge in [0.25, 0.3) is 0 Å². The topological polar surface area (TPSA) is 75.9 Å². The summed E-state index contributed by atoms with van der Waals surface area (Å²) in [7, 11) is 0. The van der Waals surface area contributed by atoms with E-state index < -0.39 is 0 Å². The minimum absolute atomic E-state index is 0.584. The van der Waals surface area contributed by atoms with Crippen LogP contribution in [-0.2, 0) is 6.42 Å². The largest absolute Gasteiger partial charge is 0.367 e. The summed E-state index contributed by atoms with van der Waals surface area (Å²) in [4.78, 5) is 8.54. The molecular weight excluding hydrogens is 226 g/mol. The molecule has 2 atom stereocenters. The summed E-state index contributed by atoms with van der Waals surface area (Å²) in [6, 6.07) is 0.584. The van der Waals surface area contributed by atoms with E-state index in [2.05, 4.69) is 34.6 Å². The van der Waals surface area contributed by atoms with Gasteiger partial charge in [0.2, 0.25) is 0 Å². The third-order valence-corrected chi connectivity index (χ3v) is 3.49. The average Bonchev–Trinajstić information content (AvgIpc) is 3.10. The molecule has 1 aromatic heterocycles. The predicted octanol–water partition coefficient (Wildman–Crippen LogP) is 2.32. The number of nitrogens with zero attached hydrogens (tertiary/aromatic N) is 2. The molecule has 1 aliphatic carbocycles. The Morgan fingerprint density at radius 1 is 1.28 bits per heavy atom. The second-order valence-corrected chi connectivity index (χ2v) is 4.98. The maximum atomic E-state index is 5.50. The molecule has 0 amide bonds. The molecule has 5 heteroatoms. The van der Waals surface area contributed by atoms with Crippen molar-refractivity contribution in [2.45, 2.75) is 52.0 Å². The maximum absolute atomic E-state index is 5.50. The van der Waals surface area contributed by atoms with Gasteiger partial charge in [-0.2, -0.15) is 0 Å². The van der Waals surface area contributed by atoms with Crippen LogP contribution in [0, 0.1) is 5.92 Å². The van der Waals surface area contributed by atoms with E-state index in [0.29, 0.717) is 6.04 Å². The van der Waals surface area contributed by atoms with Gasteiger partial charge in [0.05, 0.1) is 0 Å². The molecule has 0 bridgehead atoms. The van der Waals surface area contributed by atoms with Gasteiger partial charge in [-0.15, -0.1) is 0 Å². The number of nitrogens with one attached hydrogen (secondary N) is 2. The molecule has 1 fully saturated rings. The van der Waals surface area contributed by atoms with Gasteiger partial charge in [0.1, 0.15) is 18.0 Å². The number of anilines is 2. The van der Waals surface area contributed by atoms with Gasteiger partial charge in [-0.05, 0) is 25.2 Å². The van der Waals surface area contributed by atoms with Gasteiger partial charge < -0.3 is 10.7 Å². The van der Waals surface area contributed by atoms with Gasteiger partial charge in [-0.1, -0.05) is 26.7 Å². The summed E-state index contributed by atoms with van der Waals surface area (Å²) in [6.45, 7) is 4.38. The highest BCUT2D eigenvalue weighted by molar-refractivity contribution is 5.57. The minimum atomic E-state index is 0.584. The molecule has 18 heavy (non-hydrogen) atoms. The van der Waals surface area contributed by atoms with Crippen LogP contribution in [0.15, 0.2) is 6.33 Å². The standard InChI is InChI=1S/C13H23N5/c1-3-5-9-7-11(9)17-12-10(6-4-2)13(18-14)16-8-15-12/h8-9,11H,3-7,14H2,1-2H3,(H2,15,16,17,18). The van der Waals surface area contributed by atoms with Crippen LogP contribution in [0.5, 0.6) is 0 Å². The zero-order valence-corrected chi connectivity index (χ0v) is 11.2. The van der Waals surface area contributed by atoms with Gasteiger partial charge >= 0.3 is 0 Å². The Labute approximate surface area is 109 Å². The van der Waals surface area contributed by atoms with E-state index in [1.807, 2.05) is 0 Å². The summed E-state index contributed by atoms with van der Waals surface area (Å²) < 4.78 is 0. The quantitative estimate of drug-likeness (QED) is 0.510. The molecule has 0 aromatic carbocycles.